The van der Waals surface area contributed by atoms with Gasteiger partial charge in [0.25, 0.3) is 0 Å². The van der Waals surface area contributed by atoms with E-state index in [4.69, 9.17) is 4.74 Å². The van der Waals surface area contributed by atoms with Crippen molar-refractivity contribution < 1.29 is 9.53 Å². The van der Waals surface area contributed by atoms with Crippen LogP contribution in [0, 0.1) is 0 Å². The van der Waals surface area contributed by atoms with E-state index in [0.29, 0.717) is 12.4 Å². The van der Waals surface area contributed by atoms with Gasteiger partial charge in [0.05, 0.1) is 11.8 Å². The lowest BCUT2D eigenvalue weighted by atomic mass is 9.67. The van der Waals surface area contributed by atoms with E-state index in [1.54, 1.807) is 10.9 Å². The summed E-state index contributed by atoms with van der Waals surface area (Å²) in [6.07, 6.45) is 5.46. The predicted molar refractivity (Wildman–Crippen MR) is 109 cm³/mol. The molecular weight excluding hydrogens is 354 g/mol. The standard InChI is InChI=1S/C21H31N5O2/c1-4-13-26-15-18(24-25-26)23-19(27)22-12-10-21(17-8-6-5-7-9-17)11-14-28-20(2,3)16-21/h5-9,15H,4,10-14,16H2,1-3H3,(H2,22,23,27)/t21-/m0/s1. The fraction of sp³-hybridized carbons (Fsp3) is 0.571. The van der Waals surface area contributed by atoms with E-state index >= 15 is 0 Å². The molecule has 0 bridgehead atoms. The van der Waals surface area contributed by atoms with E-state index in [0.717, 1.165) is 38.8 Å². The summed E-state index contributed by atoms with van der Waals surface area (Å²) in [7, 11) is 0. The summed E-state index contributed by atoms with van der Waals surface area (Å²) in [5.41, 5.74) is 1.14. The number of anilines is 1. The number of urea groups is 1. The SMILES string of the molecule is CCCn1cc(NC(=O)NCC[C@]2(c3ccccc3)CCOC(C)(C)C2)nn1. The molecule has 2 heterocycles. The van der Waals surface area contributed by atoms with Gasteiger partial charge in [0.2, 0.25) is 0 Å². The molecule has 1 aliphatic heterocycles. The second kappa shape index (κ2) is 8.73. The van der Waals surface area contributed by atoms with Crippen molar-refractivity contribution in [2.24, 2.45) is 0 Å². The van der Waals surface area contributed by atoms with E-state index in [-0.39, 0.29) is 17.0 Å². The first-order valence-corrected chi connectivity index (χ1v) is 10.1. The summed E-state index contributed by atoms with van der Waals surface area (Å²) in [5.74, 6) is 0.468. The predicted octanol–water partition coefficient (Wildman–Crippen LogP) is 3.73. The van der Waals surface area contributed by atoms with Crippen LogP contribution >= 0.6 is 0 Å². The Morgan fingerprint density at radius 3 is 2.79 bits per heavy atom. The first-order valence-electron chi connectivity index (χ1n) is 10.1. The molecule has 1 atom stereocenters. The van der Waals surface area contributed by atoms with E-state index in [1.165, 1.54) is 5.56 Å². The number of hydrogen-bond acceptors (Lipinski definition) is 4. The number of nitrogens with zero attached hydrogens (tertiary/aromatic N) is 3. The van der Waals surface area contributed by atoms with Crippen LogP contribution < -0.4 is 10.6 Å². The number of aryl methyl sites for hydroxylation is 1. The lowest BCUT2D eigenvalue weighted by molar-refractivity contribution is -0.0838. The maximum Gasteiger partial charge on any atom is 0.320 e. The number of carbonyl (C=O) groups is 1. The average molecular weight is 386 g/mol. The molecule has 0 saturated carbocycles. The molecule has 1 fully saturated rings. The van der Waals surface area contributed by atoms with Crippen molar-refractivity contribution in [3.63, 3.8) is 0 Å². The number of aromatic nitrogens is 3. The Morgan fingerprint density at radius 2 is 2.07 bits per heavy atom. The monoisotopic (exact) mass is 385 g/mol. The van der Waals surface area contributed by atoms with Crippen LogP contribution in [0.5, 0.6) is 0 Å². The summed E-state index contributed by atoms with van der Waals surface area (Å²) in [4.78, 5) is 12.3. The third-order valence-electron chi connectivity index (χ3n) is 5.35. The van der Waals surface area contributed by atoms with Gasteiger partial charge in [-0.1, -0.05) is 42.5 Å². The maximum absolute atomic E-state index is 12.3. The van der Waals surface area contributed by atoms with Gasteiger partial charge >= 0.3 is 6.03 Å². The topological polar surface area (TPSA) is 81.1 Å². The van der Waals surface area contributed by atoms with Gasteiger partial charge in [-0.3, -0.25) is 10.00 Å². The van der Waals surface area contributed by atoms with Crippen LogP contribution in [0.3, 0.4) is 0 Å². The zero-order valence-electron chi connectivity index (χ0n) is 17.1. The van der Waals surface area contributed by atoms with Crippen LogP contribution in [0.15, 0.2) is 36.5 Å². The van der Waals surface area contributed by atoms with Crippen LogP contribution in [0.2, 0.25) is 0 Å². The molecule has 3 rings (SSSR count). The Morgan fingerprint density at radius 1 is 1.29 bits per heavy atom. The smallest absolute Gasteiger partial charge is 0.320 e. The molecular formula is C21H31N5O2. The lowest BCUT2D eigenvalue weighted by Crippen LogP contribution is -2.46. The zero-order valence-corrected chi connectivity index (χ0v) is 17.1. The van der Waals surface area contributed by atoms with Gasteiger partial charge in [-0.2, -0.15) is 0 Å². The lowest BCUT2D eigenvalue weighted by Gasteiger charge is -2.45. The summed E-state index contributed by atoms with van der Waals surface area (Å²) in [6, 6.07) is 10.3. The summed E-state index contributed by atoms with van der Waals surface area (Å²) in [5, 5.41) is 13.7. The fourth-order valence-electron chi connectivity index (χ4n) is 4.14. The molecule has 7 nitrogen and oxygen atoms in total. The third-order valence-corrected chi connectivity index (χ3v) is 5.35. The van der Waals surface area contributed by atoms with Crippen molar-refractivity contribution in [2.45, 2.75) is 64.0 Å². The van der Waals surface area contributed by atoms with Gasteiger partial charge < -0.3 is 10.1 Å². The van der Waals surface area contributed by atoms with Crippen LogP contribution in [0.1, 0.15) is 52.0 Å². The molecule has 2 amide bonds. The van der Waals surface area contributed by atoms with Crippen molar-refractivity contribution in [1.82, 2.24) is 20.3 Å². The number of ether oxygens (including phenoxy) is 1. The van der Waals surface area contributed by atoms with Crippen LogP contribution in [-0.4, -0.2) is 39.8 Å². The number of hydrogen-bond donors (Lipinski definition) is 2. The first-order chi connectivity index (χ1) is 13.4. The minimum absolute atomic E-state index is 0.000545. The summed E-state index contributed by atoms with van der Waals surface area (Å²) >= 11 is 0. The zero-order chi connectivity index (χ0) is 20.0. The molecule has 2 aromatic rings. The molecule has 1 aromatic heterocycles. The fourth-order valence-corrected chi connectivity index (χ4v) is 4.14. The van der Waals surface area contributed by atoms with E-state index < -0.39 is 0 Å². The van der Waals surface area contributed by atoms with Crippen molar-refractivity contribution in [3.05, 3.63) is 42.1 Å². The molecule has 0 radical (unpaired) electrons. The highest BCUT2D eigenvalue weighted by Gasteiger charge is 2.41. The molecule has 0 unspecified atom stereocenters. The number of carbonyl (C=O) groups excluding carboxylic acids is 1. The summed E-state index contributed by atoms with van der Waals surface area (Å²) < 4.78 is 7.68. The highest BCUT2D eigenvalue weighted by molar-refractivity contribution is 5.87. The Bertz CT molecular complexity index is 774. The molecule has 28 heavy (non-hydrogen) atoms. The average Bonchev–Trinajstić information content (AvgIpc) is 3.09. The number of nitrogens with one attached hydrogen (secondary N) is 2. The van der Waals surface area contributed by atoms with E-state index in [9.17, 15) is 4.79 Å². The highest BCUT2D eigenvalue weighted by Crippen LogP contribution is 2.43. The first kappa shape index (κ1) is 20.3. The van der Waals surface area contributed by atoms with E-state index in [1.807, 2.05) is 6.07 Å². The normalized spacial score (nSPS) is 21.2. The van der Waals surface area contributed by atoms with E-state index in [2.05, 4.69) is 66.0 Å². The van der Waals surface area contributed by atoms with Crippen molar-refractivity contribution >= 4 is 11.8 Å². The minimum Gasteiger partial charge on any atom is -0.376 e. The number of benzene rings is 1. The summed E-state index contributed by atoms with van der Waals surface area (Å²) in [6.45, 7) is 8.46. The van der Waals surface area contributed by atoms with Crippen molar-refractivity contribution in [2.75, 3.05) is 18.5 Å². The molecule has 7 heteroatoms. The Kier molecular flexibility index (Phi) is 6.34. The molecule has 0 spiro atoms. The highest BCUT2D eigenvalue weighted by atomic mass is 16.5. The van der Waals surface area contributed by atoms with Gasteiger partial charge in [0.1, 0.15) is 0 Å². The van der Waals surface area contributed by atoms with Gasteiger partial charge in [-0.05, 0) is 45.1 Å². The van der Waals surface area contributed by atoms with Gasteiger partial charge in [0.15, 0.2) is 5.82 Å². The quantitative estimate of drug-likeness (QED) is 0.761. The van der Waals surface area contributed by atoms with Crippen LogP contribution in [0.25, 0.3) is 0 Å². The van der Waals surface area contributed by atoms with Crippen LogP contribution in [0.4, 0.5) is 10.6 Å². The number of rotatable bonds is 7. The largest absolute Gasteiger partial charge is 0.376 e. The van der Waals surface area contributed by atoms with Gasteiger partial charge in [-0.25, -0.2) is 4.79 Å². The molecule has 1 aromatic carbocycles. The Labute approximate surface area is 166 Å². The molecule has 2 N–H and O–H groups in total. The maximum atomic E-state index is 12.3. The Hall–Kier alpha value is -2.41. The molecule has 1 aliphatic rings. The molecule has 0 aliphatic carbocycles. The van der Waals surface area contributed by atoms with Gasteiger partial charge in [-0.15, -0.1) is 5.10 Å². The van der Waals surface area contributed by atoms with Crippen LogP contribution in [-0.2, 0) is 16.7 Å². The van der Waals surface area contributed by atoms with Crippen molar-refractivity contribution in [3.8, 4) is 0 Å². The third kappa shape index (κ3) is 5.10. The van der Waals surface area contributed by atoms with Gasteiger partial charge in [0, 0.05) is 25.1 Å². The number of amides is 2. The molecule has 1 saturated heterocycles. The minimum atomic E-state index is -0.252. The second-order valence-corrected chi connectivity index (χ2v) is 8.18. The Balaban J connectivity index is 1.60. The van der Waals surface area contributed by atoms with Crippen molar-refractivity contribution in [1.29, 1.82) is 0 Å². The second-order valence-electron chi connectivity index (χ2n) is 8.18. The molecule has 152 valence electrons.